The zero-order valence-electron chi connectivity index (χ0n) is 21.2. The van der Waals surface area contributed by atoms with Crippen molar-refractivity contribution in [2.24, 2.45) is 11.3 Å². The quantitative estimate of drug-likeness (QED) is 0.623. The normalized spacial score (nSPS) is 27.1. The number of nitrogens with zero attached hydrogens (tertiary/aromatic N) is 1. The minimum absolute atomic E-state index is 0.0256. The Bertz CT molecular complexity index is 1060. The van der Waals surface area contributed by atoms with E-state index in [1.807, 2.05) is 0 Å². The summed E-state index contributed by atoms with van der Waals surface area (Å²) in [7, 11) is 1.73. The van der Waals surface area contributed by atoms with Crippen molar-refractivity contribution in [3.63, 3.8) is 0 Å². The van der Waals surface area contributed by atoms with E-state index in [4.69, 9.17) is 9.47 Å². The van der Waals surface area contributed by atoms with Gasteiger partial charge in [-0.05, 0) is 109 Å². The third-order valence-corrected chi connectivity index (χ3v) is 8.39. The Kier molecular flexibility index (Phi) is 6.09. The van der Waals surface area contributed by atoms with Gasteiger partial charge in [0.05, 0.1) is 13.2 Å². The van der Waals surface area contributed by atoms with Gasteiger partial charge in [0.2, 0.25) is 0 Å². The maximum atomic E-state index is 13.0. The Balaban J connectivity index is 1.37. The lowest BCUT2D eigenvalue weighted by Crippen LogP contribution is -2.53. The van der Waals surface area contributed by atoms with Gasteiger partial charge >= 0.3 is 6.09 Å². The molecule has 3 saturated heterocycles. The number of piperidine rings is 3. The van der Waals surface area contributed by atoms with Gasteiger partial charge in [0, 0.05) is 6.54 Å². The molecule has 34 heavy (non-hydrogen) atoms. The van der Waals surface area contributed by atoms with Crippen molar-refractivity contribution in [3.05, 3.63) is 52.6 Å². The smallest absolute Gasteiger partial charge is 0.407 e. The van der Waals surface area contributed by atoms with E-state index in [-0.39, 0.29) is 23.7 Å². The Morgan fingerprint density at radius 1 is 1.06 bits per heavy atom. The monoisotopic (exact) mass is 462 g/mol. The van der Waals surface area contributed by atoms with E-state index < -0.39 is 0 Å². The highest BCUT2D eigenvalue weighted by molar-refractivity contribution is 5.71. The summed E-state index contributed by atoms with van der Waals surface area (Å²) >= 11 is 0. The SMILES string of the molecule is COc1c(C)cc(-c2ccc3c(c2)CCC(C)(C)[C@H]3NC(=O)O[C@@H]2CN3CCC2CC3)cc1C. The number of aryl methyl sites for hydroxylation is 3. The van der Waals surface area contributed by atoms with Gasteiger partial charge in [0.1, 0.15) is 11.9 Å². The molecule has 0 unspecified atom stereocenters. The fourth-order valence-electron chi connectivity index (χ4n) is 6.35. The van der Waals surface area contributed by atoms with Crippen molar-refractivity contribution in [2.45, 2.75) is 65.5 Å². The zero-order valence-corrected chi connectivity index (χ0v) is 21.2. The third kappa shape index (κ3) is 4.31. The number of hydrogen-bond donors (Lipinski definition) is 1. The van der Waals surface area contributed by atoms with Crippen LogP contribution in [0.1, 0.15) is 61.4 Å². The number of rotatable bonds is 4. The molecule has 0 aromatic heterocycles. The zero-order chi connectivity index (χ0) is 24.0. The molecule has 2 bridgehead atoms. The largest absolute Gasteiger partial charge is 0.496 e. The molecule has 5 heteroatoms. The maximum Gasteiger partial charge on any atom is 0.407 e. The van der Waals surface area contributed by atoms with Gasteiger partial charge in [0.25, 0.3) is 0 Å². The van der Waals surface area contributed by atoms with Gasteiger partial charge < -0.3 is 14.8 Å². The first kappa shape index (κ1) is 23.2. The second-order valence-corrected chi connectivity index (χ2v) is 11.2. The van der Waals surface area contributed by atoms with Crippen LogP contribution in [0.2, 0.25) is 0 Å². The number of carbonyl (C=O) groups is 1. The lowest BCUT2D eigenvalue weighted by atomic mass is 9.70. The molecule has 5 nitrogen and oxygen atoms in total. The van der Waals surface area contributed by atoms with Crippen LogP contribution >= 0.6 is 0 Å². The van der Waals surface area contributed by atoms with E-state index in [1.165, 1.54) is 22.3 Å². The molecule has 3 fully saturated rings. The van der Waals surface area contributed by atoms with Crippen molar-refractivity contribution in [3.8, 4) is 16.9 Å². The summed E-state index contributed by atoms with van der Waals surface area (Å²) < 4.78 is 11.5. The van der Waals surface area contributed by atoms with Crippen LogP contribution in [0.4, 0.5) is 4.79 Å². The summed E-state index contributed by atoms with van der Waals surface area (Å²) in [5, 5.41) is 3.27. The molecule has 2 aromatic rings. The summed E-state index contributed by atoms with van der Waals surface area (Å²) in [5.74, 6) is 1.47. The van der Waals surface area contributed by atoms with Crippen LogP contribution in [0.5, 0.6) is 5.75 Å². The van der Waals surface area contributed by atoms with E-state index in [1.54, 1.807) is 7.11 Å². The van der Waals surface area contributed by atoms with Crippen LogP contribution in [-0.2, 0) is 11.2 Å². The average molecular weight is 463 g/mol. The summed E-state index contributed by atoms with van der Waals surface area (Å²) in [6, 6.07) is 11.0. The van der Waals surface area contributed by atoms with Crippen molar-refractivity contribution in [1.82, 2.24) is 10.2 Å². The molecule has 1 N–H and O–H groups in total. The van der Waals surface area contributed by atoms with Crippen LogP contribution in [-0.4, -0.2) is 43.8 Å². The van der Waals surface area contributed by atoms with E-state index in [0.717, 1.165) is 62.2 Å². The fraction of sp³-hybridized carbons (Fsp3) is 0.552. The topological polar surface area (TPSA) is 50.8 Å². The number of benzene rings is 2. The molecule has 3 aliphatic heterocycles. The highest BCUT2D eigenvalue weighted by atomic mass is 16.6. The summed E-state index contributed by atoms with van der Waals surface area (Å²) in [4.78, 5) is 15.4. The minimum atomic E-state index is -0.268. The predicted molar refractivity (Wildman–Crippen MR) is 135 cm³/mol. The fourth-order valence-corrected chi connectivity index (χ4v) is 6.35. The molecule has 0 saturated carbocycles. The molecule has 3 heterocycles. The van der Waals surface area contributed by atoms with E-state index in [0.29, 0.717) is 5.92 Å². The van der Waals surface area contributed by atoms with Gasteiger partial charge in [-0.15, -0.1) is 0 Å². The molecule has 4 aliphatic rings. The number of methoxy groups -OCH3 is 1. The van der Waals surface area contributed by atoms with E-state index in [9.17, 15) is 4.79 Å². The number of alkyl carbamates (subject to hydrolysis) is 1. The van der Waals surface area contributed by atoms with Crippen molar-refractivity contribution >= 4 is 6.09 Å². The first-order valence-corrected chi connectivity index (χ1v) is 12.7. The summed E-state index contributed by atoms with van der Waals surface area (Å²) in [6.07, 6.45) is 4.07. The standard InChI is InChI=1S/C29H38N2O3/c1-18-14-23(15-19(2)26(18)33-5)21-6-7-24-22(16-21)8-11-29(3,4)27(24)30-28(32)34-25-17-31-12-9-20(25)10-13-31/h6-7,14-16,20,25,27H,8-13,17H2,1-5H3,(H,30,32)/t25-,27+/m1/s1. The molecular formula is C29H38N2O3. The molecule has 1 aliphatic carbocycles. The minimum Gasteiger partial charge on any atom is -0.496 e. The van der Waals surface area contributed by atoms with Gasteiger partial charge in [-0.3, -0.25) is 4.90 Å². The van der Waals surface area contributed by atoms with E-state index >= 15 is 0 Å². The maximum absolute atomic E-state index is 13.0. The molecule has 0 radical (unpaired) electrons. The Labute approximate surface area is 203 Å². The van der Waals surface area contributed by atoms with Gasteiger partial charge in [-0.1, -0.05) is 32.0 Å². The first-order valence-electron chi connectivity index (χ1n) is 12.7. The molecular weight excluding hydrogens is 424 g/mol. The van der Waals surface area contributed by atoms with E-state index in [2.05, 4.69) is 68.2 Å². The molecule has 2 atom stereocenters. The first-order chi connectivity index (χ1) is 16.2. The van der Waals surface area contributed by atoms with Crippen LogP contribution in [0.25, 0.3) is 11.1 Å². The highest BCUT2D eigenvalue weighted by Gasteiger charge is 2.40. The molecule has 6 rings (SSSR count). The average Bonchev–Trinajstić information content (AvgIpc) is 2.81. The van der Waals surface area contributed by atoms with Crippen molar-refractivity contribution < 1.29 is 14.3 Å². The van der Waals surface area contributed by atoms with Gasteiger partial charge in [0.15, 0.2) is 0 Å². The second kappa shape index (κ2) is 8.92. The Morgan fingerprint density at radius 2 is 1.76 bits per heavy atom. The number of hydrogen-bond acceptors (Lipinski definition) is 4. The van der Waals surface area contributed by atoms with Crippen molar-refractivity contribution in [1.29, 1.82) is 0 Å². The van der Waals surface area contributed by atoms with Crippen LogP contribution in [0.3, 0.4) is 0 Å². The molecule has 2 aromatic carbocycles. The number of fused-ring (bicyclic) bond motifs is 4. The van der Waals surface area contributed by atoms with Gasteiger partial charge in [-0.2, -0.15) is 0 Å². The summed E-state index contributed by atoms with van der Waals surface area (Å²) in [6.45, 7) is 11.9. The lowest BCUT2D eigenvalue weighted by Gasteiger charge is -2.44. The Hall–Kier alpha value is -2.53. The summed E-state index contributed by atoms with van der Waals surface area (Å²) in [5.41, 5.74) is 7.20. The van der Waals surface area contributed by atoms with Crippen LogP contribution in [0.15, 0.2) is 30.3 Å². The molecule has 1 amide bonds. The predicted octanol–water partition coefficient (Wildman–Crippen LogP) is 5.81. The third-order valence-electron chi connectivity index (χ3n) is 8.39. The van der Waals surface area contributed by atoms with Crippen LogP contribution < -0.4 is 10.1 Å². The number of nitrogens with one attached hydrogen (secondary N) is 1. The van der Waals surface area contributed by atoms with Crippen molar-refractivity contribution in [2.75, 3.05) is 26.7 Å². The molecule has 182 valence electrons. The Morgan fingerprint density at radius 3 is 2.38 bits per heavy atom. The second-order valence-electron chi connectivity index (χ2n) is 11.2. The number of ether oxygens (including phenoxy) is 2. The molecule has 0 spiro atoms. The van der Waals surface area contributed by atoms with Crippen LogP contribution in [0, 0.1) is 25.2 Å². The number of amides is 1. The van der Waals surface area contributed by atoms with Gasteiger partial charge in [-0.25, -0.2) is 4.79 Å². The highest BCUT2D eigenvalue weighted by Crippen LogP contribution is 2.45. The number of carbonyl (C=O) groups excluding carboxylic acids is 1. The lowest BCUT2D eigenvalue weighted by molar-refractivity contribution is -0.0353.